The van der Waals surface area contributed by atoms with E-state index in [1.165, 1.54) is 12.1 Å². The second kappa shape index (κ2) is 8.67. The van der Waals surface area contributed by atoms with Gasteiger partial charge < -0.3 is 5.32 Å². The average Bonchev–Trinajstić information content (AvgIpc) is 3.12. The molecule has 1 unspecified atom stereocenters. The summed E-state index contributed by atoms with van der Waals surface area (Å²) < 4.78 is 13.0. The van der Waals surface area contributed by atoms with E-state index in [0.717, 1.165) is 21.8 Å². The maximum Gasteiger partial charge on any atom is 0.220 e. The zero-order chi connectivity index (χ0) is 18.4. The van der Waals surface area contributed by atoms with Crippen LogP contribution in [-0.4, -0.2) is 22.4 Å². The highest BCUT2D eigenvalue weighted by molar-refractivity contribution is 7.13. The molecule has 1 N–H and O–H groups in total. The van der Waals surface area contributed by atoms with Gasteiger partial charge in [-0.05, 0) is 35.7 Å². The lowest BCUT2D eigenvalue weighted by atomic mass is 9.97. The summed E-state index contributed by atoms with van der Waals surface area (Å²) >= 11 is 1.59. The number of pyridine rings is 1. The van der Waals surface area contributed by atoms with E-state index < -0.39 is 0 Å². The lowest BCUT2D eigenvalue weighted by molar-refractivity contribution is -0.121. The Labute approximate surface area is 156 Å². The Morgan fingerprint density at radius 2 is 1.92 bits per heavy atom. The Balaban J connectivity index is 1.45. The topological polar surface area (TPSA) is 54.9 Å². The molecule has 2 aromatic heterocycles. The number of carbonyl (C=O) groups excluding carboxylic acids is 1. The molecule has 1 amide bonds. The van der Waals surface area contributed by atoms with Gasteiger partial charge in [0.2, 0.25) is 5.91 Å². The van der Waals surface area contributed by atoms with E-state index >= 15 is 0 Å². The van der Waals surface area contributed by atoms with Gasteiger partial charge >= 0.3 is 0 Å². The third-order valence-electron chi connectivity index (χ3n) is 4.11. The molecule has 3 aromatic rings. The van der Waals surface area contributed by atoms with Gasteiger partial charge in [-0.1, -0.05) is 19.1 Å². The number of rotatable bonds is 7. The molecule has 6 heteroatoms. The van der Waals surface area contributed by atoms with Crippen LogP contribution in [0.3, 0.4) is 0 Å². The van der Waals surface area contributed by atoms with Gasteiger partial charge in [-0.15, -0.1) is 11.3 Å². The summed E-state index contributed by atoms with van der Waals surface area (Å²) in [6, 6.07) is 10.2. The van der Waals surface area contributed by atoms with E-state index in [2.05, 4.69) is 15.3 Å². The minimum absolute atomic E-state index is 0.00795. The fourth-order valence-electron chi connectivity index (χ4n) is 2.64. The number of benzene rings is 1. The van der Waals surface area contributed by atoms with Crippen LogP contribution in [0.2, 0.25) is 0 Å². The highest BCUT2D eigenvalue weighted by atomic mass is 32.1. The highest BCUT2D eigenvalue weighted by Crippen LogP contribution is 2.23. The smallest absolute Gasteiger partial charge is 0.220 e. The van der Waals surface area contributed by atoms with Crippen molar-refractivity contribution in [2.24, 2.45) is 0 Å². The van der Waals surface area contributed by atoms with E-state index in [1.54, 1.807) is 35.9 Å². The number of hydrogen-bond acceptors (Lipinski definition) is 4. The molecule has 0 bridgehead atoms. The molecule has 0 saturated heterocycles. The number of halogens is 1. The number of carbonyl (C=O) groups is 1. The molecule has 3 rings (SSSR count). The van der Waals surface area contributed by atoms with Crippen molar-refractivity contribution in [3.05, 3.63) is 71.2 Å². The van der Waals surface area contributed by atoms with Gasteiger partial charge in [0.1, 0.15) is 10.8 Å². The first-order valence-electron chi connectivity index (χ1n) is 8.49. The molecular formula is C20H20FN3OS. The zero-order valence-electron chi connectivity index (χ0n) is 14.5. The van der Waals surface area contributed by atoms with Gasteiger partial charge in [0.15, 0.2) is 0 Å². The maximum absolute atomic E-state index is 13.0. The molecule has 2 heterocycles. The van der Waals surface area contributed by atoms with Crippen LogP contribution < -0.4 is 5.32 Å². The zero-order valence-corrected chi connectivity index (χ0v) is 15.3. The van der Waals surface area contributed by atoms with Crippen molar-refractivity contribution in [3.8, 4) is 10.6 Å². The van der Waals surface area contributed by atoms with E-state index in [1.807, 2.05) is 24.4 Å². The van der Waals surface area contributed by atoms with E-state index in [0.29, 0.717) is 19.4 Å². The third-order valence-corrected chi connectivity index (χ3v) is 5.05. The first-order valence-corrected chi connectivity index (χ1v) is 9.37. The van der Waals surface area contributed by atoms with Crippen LogP contribution in [0.4, 0.5) is 4.39 Å². The number of aromatic nitrogens is 2. The largest absolute Gasteiger partial charge is 0.356 e. The number of thiazole rings is 1. The summed E-state index contributed by atoms with van der Waals surface area (Å²) in [4.78, 5) is 20.7. The number of nitrogens with one attached hydrogen (secondary N) is 1. The van der Waals surface area contributed by atoms with Crippen LogP contribution in [-0.2, 0) is 11.2 Å². The van der Waals surface area contributed by atoms with E-state index in [4.69, 9.17) is 0 Å². The van der Waals surface area contributed by atoms with Crippen molar-refractivity contribution in [2.75, 3.05) is 6.54 Å². The summed E-state index contributed by atoms with van der Waals surface area (Å²) in [6.07, 6.45) is 4.57. The summed E-state index contributed by atoms with van der Waals surface area (Å²) in [5, 5.41) is 5.91. The van der Waals surface area contributed by atoms with Crippen LogP contribution in [0.25, 0.3) is 10.6 Å². The summed E-state index contributed by atoms with van der Waals surface area (Å²) in [7, 11) is 0. The standard InChI is InChI=1S/C20H20FN3OS/c1-14(15-2-4-17(21)5-3-15)12-19(25)23-11-8-18-13-26-20(24-18)16-6-9-22-10-7-16/h2-7,9-10,13-14H,8,11-12H2,1H3,(H,23,25). The van der Waals surface area contributed by atoms with E-state index in [9.17, 15) is 9.18 Å². The number of amides is 1. The third kappa shape index (κ3) is 4.95. The average molecular weight is 369 g/mol. The second-order valence-electron chi connectivity index (χ2n) is 6.14. The lowest BCUT2D eigenvalue weighted by Crippen LogP contribution is -2.26. The molecule has 134 valence electrons. The van der Waals surface area contributed by atoms with Gasteiger partial charge in [-0.3, -0.25) is 9.78 Å². The predicted octanol–water partition coefficient (Wildman–Crippen LogP) is 4.20. The first-order chi connectivity index (χ1) is 12.6. The van der Waals surface area contributed by atoms with Crippen molar-refractivity contribution in [1.82, 2.24) is 15.3 Å². The van der Waals surface area contributed by atoms with Crippen molar-refractivity contribution >= 4 is 17.2 Å². The van der Waals surface area contributed by atoms with Gasteiger partial charge in [0, 0.05) is 42.7 Å². The SMILES string of the molecule is CC(CC(=O)NCCc1csc(-c2ccncc2)n1)c1ccc(F)cc1. The molecule has 0 fully saturated rings. The normalized spacial score (nSPS) is 11.9. The molecule has 0 aliphatic rings. The summed E-state index contributed by atoms with van der Waals surface area (Å²) in [6.45, 7) is 2.52. The maximum atomic E-state index is 13.0. The summed E-state index contributed by atoms with van der Waals surface area (Å²) in [5.41, 5.74) is 2.98. The first kappa shape index (κ1) is 18.2. The van der Waals surface area contributed by atoms with Gasteiger partial charge in [0.25, 0.3) is 0 Å². The van der Waals surface area contributed by atoms with Crippen molar-refractivity contribution in [1.29, 1.82) is 0 Å². The lowest BCUT2D eigenvalue weighted by Gasteiger charge is -2.11. The van der Waals surface area contributed by atoms with Gasteiger partial charge in [0.05, 0.1) is 5.69 Å². The molecule has 1 aromatic carbocycles. The van der Waals surface area contributed by atoms with Gasteiger partial charge in [-0.2, -0.15) is 0 Å². The van der Waals surface area contributed by atoms with Gasteiger partial charge in [-0.25, -0.2) is 9.37 Å². The second-order valence-corrected chi connectivity index (χ2v) is 6.99. The molecule has 0 aliphatic heterocycles. The Morgan fingerprint density at radius 1 is 1.19 bits per heavy atom. The molecule has 26 heavy (non-hydrogen) atoms. The van der Waals surface area contributed by atoms with Crippen molar-refractivity contribution < 1.29 is 9.18 Å². The monoisotopic (exact) mass is 369 g/mol. The molecule has 0 radical (unpaired) electrons. The quantitative estimate of drug-likeness (QED) is 0.679. The van der Waals surface area contributed by atoms with Crippen molar-refractivity contribution in [3.63, 3.8) is 0 Å². The van der Waals surface area contributed by atoms with Crippen LogP contribution in [0, 0.1) is 5.82 Å². The fourth-order valence-corrected chi connectivity index (χ4v) is 3.50. The Hall–Kier alpha value is -2.60. The molecule has 0 spiro atoms. The highest BCUT2D eigenvalue weighted by Gasteiger charge is 2.11. The molecule has 0 aliphatic carbocycles. The molecule has 4 nitrogen and oxygen atoms in total. The number of hydrogen-bond donors (Lipinski definition) is 1. The Kier molecular flexibility index (Phi) is 6.07. The van der Waals surface area contributed by atoms with Crippen molar-refractivity contribution in [2.45, 2.75) is 25.7 Å². The minimum atomic E-state index is -0.264. The molecular weight excluding hydrogens is 349 g/mol. The van der Waals surface area contributed by atoms with Crippen LogP contribution in [0.15, 0.2) is 54.2 Å². The fraction of sp³-hybridized carbons (Fsp3) is 0.250. The minimum Gasteiger partial charge on any atom is -0.356 e. The summed E-state index contributed by atoms with van der Waals surface area (Å²) in [5.74, 6) is -0.223. The predicted molar refractivity (Wildman–Crippen MR) is 101 cm³/mol. The van der Waals surface area contributed by atoms with Crippen LogP contribution in [0.1, 0.15) is 30.5 Å². The Morgan fingerprint density at radius 3 is 2.65 bits per heavy atom. The van der Waals surface area contributed by atoms with Crippen LogP contribution in [0.5, 0.6) is 0 Å². The number of nitrogens with zero attached hydrogens (tertiary/aromatic N) is 2. The molecule has 0 saturated carbocycles. The molecule has 1 atom stereocenters. The van der Waals surface area contributed by atoms with Crippen LogP contribution >= 0.6 is 11.3 Å². The Bertz CT molecular complexity index is 849. The van der Waals surface area contributed by atoms with E-state index in [-0.39, 0.29) is 17.6 Å².